The van der Waals surface area contributed by atoms with Crippen molar-refractivity contribution in [2.45, 2.75) is 219 Å². The summed E-state index contributed by atoms with van der Waals surface area (Å²) in [5, 5.41) is 2.04. The van der Waals surface area contributed by atoms with Crippen molar-refractivity contribution in [1.82, 2.24) is 0 Å². The Labute approximate surface area is 450 Å². The number of esters is 1. The van der Waals surface area contributed by atoms with Gasteiger partial charge in [0.05, 0.1) is 44.1 Å². The van der Waals surface area contributed by atoms with E-state index in [9.17, 15) is 0 Å². The highest BCUT2D eigenvalue weighted by molar-refractivity contribution is 6.99. The van der Waals surface area contributed by atoms with Crippen LogP contribution in [0.2, 0.25) is 41.3 Å². The number of carbonyl (C=O) groups excluding carboxylic acids is 1. The van der Waals surface area contributed by atoms with Gasteiger partial charge in [0.15, 0.2) is 22.4 Å². The summed E-state index contributed by atoms with van der Waals surface area (Å²) in [5.74, 6) is -1.17. The van der Waals surface area contributed by atoms with Crippen LogP contribution in [-0.4, -0.2) is 99.3 Å². The molecule has 10 nitrogen and oxygen atoms in total. The number of fused-ring (bicyclic) bond motifs is 4. The minimum atomic E-state index is -2.86. The molecule has 3 aromatic carbocycles. The van der Waals surface area contributed by atoms with Crippen LogP contribution in [0.25, 0.3) is 0 Å². The predicted molar refractivity (Wildman–Crippen MR) is 307 cm³/mol. The summed E-state index contributed by atoms with van der Waals surface area (Å²) in [6, 6.07) is 29.6. The van der Waals surface area contributed by atoms with Crippen molar-refractivity contribution in [2.75, 3.05) is 13.7 Å². The molecular formula is C61H96O10Si3. The topological polar surface area (TPSA) is 100 Å². The maximum atomic E-state index is 15.4. The molecule has 0 N–H and O–H groups in total. The van der Waals surface area contributed by atoms with Crippen molar-refractivity contribution in [3.05, 3.63) is 103 Å². The number of allylic oxidation sites excluding steroid dienone is 1. The monoisotopic (exact) mass is 1070 g/mol. The number of ether oxygens (including phenoxy) is 6. The molecule has 0 saturated carbocycles. The van der Waals surface area contributed by atoms with Gasteiger partial charge in [-0.15, -0.1) is 0 Å². The first-order valence-electron chi connectivity index (χ1n) is 27.6. The highest BCUT2D eigenvalue weighted by Crippen LogP contribution is 2.46. The number of methoxy groups -OCH3 is 1. The van der Waals surface area contributed by atoms with Crippen LogP contribution in [0.15, 0.2) is 97.1 Å². The second kappa shape index (κ2) is 23.6. The second-order valence-electron chi connectivity index (χ2n) is 26.5. The van der Waals surface area contributed by atoms with Crippen molar-refractivity contribution in [3.8, 4) is 5.75 Å². The second-order valence-corrected chi connectivity index (χ2v) is 40.3. The fourth-order valence-electron chi connectivity index (χ4n) is 10.5. The zero-order valence-corrected chi connectivity index (χ0v) is 52.1. The van der Waals surface area contributed by atoms with E-state index in [1.807, 2.05) is 45.0 Å². The van der Waals surface area contributed by atoms with E-state index >= 15 is 4.79 Å². The van der Waals surface area contributed by atoms with Crippen LogP contribution in [0.5, 0.6) is 5.75 Å². The van der Waals surface area contributed by atoms with E-state index in [0.717, 1.165) is 11.3 Å². The Morgan fingerprint density at radius 3 is 1.81 bits per heavy atom. The van der Waals surface area contributed by atoms with Crippen molar-refractivity contribution in [1.29, 1.82) is 0 Å². The molecule has 6 rings (SSSR count). The molecule has 3 aliphatic rings. The standard InChI is InChI=1S/C61H96O10Si3/c1-41(39-65-74(60(11,12)13,47-27-23-21-24-28-47)48-29-25-22-26-30-48)37-52(70-72(17,18)58(5,6)7)55-50-38-51(66-55)56-49(68-61(14,15)69-56)36-31-42(2)43(3)53(64-40-45-32-34-46(63-16)35-33-45)54(44(4)57(62)67-50)71-73(19,20)59(8,9)10/h21-36,41-44,49-56H,37-40H2,1-20H3/b36-31+/t41-,42-,43+,44+,49+,50-,51+,52+,53-,54+,55-,56+/m1/s1. The minimum Gasteiger partial charge on any atom is -0.497 e. The van der Waals surface area contributed by atoms with Gasteiger partial charge in [-0.3, -0.25) is 4.79 Å². The van der Waals surface area contributed by atoms with E-state index in [1.54, 1.807) is 7.11 Å². The third-order valence-corrected chi connectivity index (χ3v) is 31.2. The highest BCUT2D eigenvalue weighted by atomic mass is 28.4. The van der Waals surface area contributed by atoms with Crippen molar-refractivity contribution < 1.29 is 46.5 Å². The first-order chi connectivity index (χ1) is 34.3. The summed E-state index contributed by atoms with van der Waals surface area (Å²) >= 11 is 0. The third kappa shape index (κ3) is 13.8. The van der Waals surface area contributed by atoms with Gasteiger partial charge in [-0.05, 0) is 114 Å². The van der Waals surface area contributed by atoms with Gasteiger partial charge in [0, 0.05) is 13.0 Å². The van der Waals surface area contributed by atoms with Crippen molar-refractivity contribution in [3.63, 3.8) is 0 Å². The average Bonchev–Trinajstić information content (AvgIpc) is 3.88. The molecular weight excluding hydrogens is 977 g/mol. The molecule has 2 bridgehead atoms. The summed E-state index contributed by atoms with van der Waals surface area (Å²) in [6.45, 7) is 42.9. The molecule has 12 atom stereocenters. The van der Waals surface area contributed by atoms with Gasteiger partial charge in [-0.2, -0.15) is 0 Å². The van der Waals surface area contributed by atoms with Crippen molar-refractivity contribution >= 4 is 41.3 Å². The summed E-state index contributed by atoms with van der Waals surface area (Å²) in [6.07, 6.45) is 1.29. The lowest BCUT2D eigenvalue weighted by molar-refractivity contribution is -0.171. The van der Waals surface area contributed by atoms with Gasteiger partial charge in [0.25, 0.3) is 8.32 Å². The summed E-state index contributed by atoms with van der Waals surface area (Å²) in [7, 11) is -6.18. The smallest absolute Gasteiger partial charge is 0.311 e. The van der Waals surface area contributed by atoms with Gasteiger partial charge in [0.1, 0.15) is 30.2 Å². The molecule has 13 heteroatoms. The molecule has 0 amide bonds. The van der Waals surface area contributed by atoms with E-state index in [0.29, 0.717) is 26.1 Å². The van der Waals surface area contributed by atoms with Crippen LogP contribution < -0.4 is 15.1 Å². The Morgan fingerprint density at radius 2 is 1.28 bits per heavy atom. The fourth-order valence-corrected chi connectivity index (χ4v) is 17.9. The number of benzene rings is 3. The predicted octanol–water partition coefficient (Wildman–Crippen LogP) is 13.0. The first-order valence-corrected chi connectivity index (χ1v) is 35.3. The third-order valence-electron chi connectivity index (χ3n) is 17.2. The molecule has 0 aliphatic carbocycles. The lowest BCUT2D eigenvalue weighted by Gasteiger charge is -2.45. The minimum absolute atomic E-state index is 0.000405. The van der Waals surface area contributed by atoms with Gasteiger partial charge in [-0.25, -0.2) is 0 Å². The molecule has 2 fully saturated rings. The Morgan fingerprint density at radius 1 is 0.716 bits per heavy atom. The van der Waals surface area contributed by atoms with Crippen molar-refractivity contribution in [2.24, 2.45) is 23.7 Å². The number of hydrogen-bond acceptors (Lipinski definition) is 10. The first kappa shape index (κ1) is 60.3. The van der Waals surface area contributed by atoms with Gasteiger partial charge in [0.2, 0.25) is 0 Å². The van der Waals surface area contributed by atoms with Gasteiger partial charge >= 0.3 is 5.97 Å². The zero-order chi connectivity index (χ0) is 54.8. The molecule has 0 radical (unpaired) electrons. The molecule has 2 saturated heterocycles. The number of rotatable bonds is 16. The quantitative estimate of drug-likeness (QED) is 0.0783. The SMILES string of the molecule is COc1ccc(CO[C@@H]2[C@@H](C)[C@H](C)/C=C/[C@@H]3OC(C)(C)O[C@@H]3[C@@H]3C[C@@H](OC(=O)[C@@H](C)[C@@H]2O[Si](C)(C)C(C)(C)C)[C@H]([C@H](C[C@@H](C)CO[Si](c2ccccc2)(c2ccccc2)C(C)(C)C)O[Si](C)(C)C(C)(C)C)O3)cc1. The fraction of sp³-hybridized carbons (Fsp3) is 0.656. The molecule has 3 heterocycles. The molecule has 0 spiro atoms. The van der Waals surface area contributed by atoms with E-state index in [1.165, 1.54) is 10.4 Å². The Hall–Kier alpha value is -2.96. The number of carbonyl (C=O) groups is 1. The van der Waals surface area contributed by atoms with Crippen LogP contribution in [0.4, 0.5) is 0 Å². The highest BCUT2D eigenvalue weighted by Gasteiger charge is 2.56. The Kier molecular flexibility index (Phi) is 19.2. The maximum Gasteiger partial charge on any atom is 0.311 e. The Bertz CT molecular complexity index is 2240. The molecule has 412 valence electrons. The van der Waals surface area contributed by atoms with Crippen LogP contribution in [0.3, 0.4) is 0 Å². The van der Waals surface area contributed by atoms with Crippen LogP contribution in [-0.2, 0) is 48.4 Å². The summed E-state index contributed by atoms with van der Waals surface area (Å²) in [4.78, 5) is 15.4. The average molecular weight is 1070 g/mol. The van der Waals surface area contributed by atoms with Crippen LogP contribution in [0.1, 0.15) is 122 Å². The van der Waals surface area contributed by atoms with E-state index in [4.69, 9.17) is 41.7 Å². The van der Waals surface area contributed by atoms with E-state index in [-0.39, 0.29) is 38.8 Å². The zero-order valence-electron chi connectivity index (χ0n) is 49.1. The van der Waals surface area contributed by atoms with Crippen LogP contribution in [0, 0.1) is 23.7 Å². The normalized spacial score (nSPS) is 28.7. The lowest BCUT2D eigenvalue weighted by Crippen LogP contribution is -2.66. The van der Waals surface area contributed by atoms with E-state index < -0.39 is 85.5 Å². The van der Waals surface area contributed by atoms with Crippen LogP contribution >= 0.6 is 0 Å². The number of hydrogen-bond donors (Lipinski definition) is 0. The Balaban J connectivity index is 1.43. The summed E-state index contributed by atoms with van der Waals surface area (Å²) < 4.78 is 63.0. The molecule has 0 unspecified atom stereocenters. The lowest BCUT2D eigenvalue weighted by atomic mass is 9.83. The molecule has 0 aromatic heterocycles. The molecule has 74 heavy (non-hydrogen) atoms. The van der Waals surface area contributed by atoms with Gasteiger partial charge < -0.3 is 41.7 Å². The molecule has 3 aliphatic heterocycles. The molecule has 3 aromatic rings. The largest absolute Gasteiger partial charge is 0.497 e. The van der Waals surface area contributed by atoms with E-state index in [2.05, 4.69) is 182 Å². The summed E-state index contributed by atoms with van der Waals surface area (Å²) in [5.41, 5.74) is 0.999. The van der Waals surface area contributed by atoms with Gasteiger partial charge in [-0.1, -0.05) is 168 Å². The maximum absolute atomic E-state index is 15.4.